The fourth-order valence-corrected chi connectivity index (χ4v) is 2.71. The van der Waals surface area contributed by atoms with Gasteiger partial charge in [0.25, 0.3) is 10.0 Å². The summed E-state index contributed by atoms with van der Waals surface area (Å²) in [5.41, 5.74) is 2.26. The van der Waals surface area contributed by atoms with Crippen molar-refractivity contribution in [2.45, 2.75) is 18.4 Å². The molecule has 2 rings (SSSR count). The Balaban J connectivity index is 2.28. The summed E-state index contributed by atoms with van der Waals surface area (Å²) in [6.45, 7) is 2.54. The van der Waals surface area contributed by atoms with Gasteiger partial charge in [-0.2, -0.15) is 5.10 Å². The van der Waals surface area contributed by atoms with Crippen molar-refractivity contribution in [3.63, 3.8) is 0 Å². The van der Waals surface area contributed by atoms with E-state index in [1.807, 2.05) is 6.92 Å². The van der Waals surface area contributed by atoms with Crippen LogP contribution in [0, 0.1) is 0 Å². The van der Waals surface area contributed by atoms with Crippen molar-refractivity contribution in [1.82, 2.24) is 14.8 Å². The molecule has 2 aromatic heterocycles. The predicted molar refractivity (Wildman–Crippen MR) is 75.8 cm³/mol. The number of halogens is 1. The first-order valence-corrected chi connectivity index (χ1v) is 7.51. The molecule has 10 heteroatoms. The SMILES string of the molecule is CCn1ccc(NS(=O)(=O)c2cnc(NN)c(Cl)c2)n1. The van der Waals surface area contributed by atoms with E-state index < -0.39 is 10.0 Å². The van der Waals surface area contributed by atoms with E-state index in [2.05, 4.69) is 20.2 Å². The van der Waals surface area contributed by atoms with E-state index >= 15 is 0 Å². The van der Waals surface area contributed by atoms with Crippen LogP contribution in [-0.4, -0.2) is 23.2 Å². The maximum absolute atomic E-state index is 12.1. The van der Waals surface area contributed by atoms with Crippen molar-refractivity contribution in [3.8, 4) is 0 Å². The Morgan fingerprint density at radius 1 is 1.50 bits per heavy atom. The molecule has 0 aliphatic rings. The quantitative estimate of drug-likeness (QED) is 0.561. The van der Waals surface area contributed by atoms with Crippen LogP contribution in [-0.2, 0) is 16.6 Å². The van der Waals surface area contributed by atoms with Gasteiger partial charge in [-0.3, -0.25) is 9.40 Å². The van der Waals surface area contributed by atoms with Crippen LogP contribution in [0.1, 0.15) is 6.92 Å². The lowest BCUT2D eigenvalue weighted by atomic mass is 10.5. The number of hydrogen-bond acceptors (Lipinski definition) is 6. The molecule has 0 saturated carbocycles. The highest BCUT2D eigenvalue weighted by Gasteiger charge is 2.17. The molecule has 0 spiro atoms. The predicted octanol–water partition coefficient (Wildman–Crippen LogP) is 1.04. The Morgan fingerprint density at radius 3 is 2.80 bits per heavy atom. The van der Waals surface area contributed by atoms with Gasteiger partial charge in [-0.15, -0.1) is 0 Å². The highest BCUT2D eigenvalue weighted by molar-refractivity contribution is 7.92. The number of hydrogen-bond donors (Lipinski definition) is 3. The maximum atomic E-state index is 12.1. The number of aromatic nitrogens is 3. The minimum Gasteiger partial charge on any atom is -0.307 e. The Labute approximate surface area is 121 Å². The average molecular weight is 317 g/mol. The Hall–Kier alpha value is -1.84. The number of pyridine rings is 1. The van der Waals surface area contributed by atoms with Crippen molar-refractivity contribution in [2.75, 3.05) is 10.1 Å². The number of hydrazine groups is 1. The third-order valence-electron chi connectivity index (χ3n) is 2.47. The molecule has 4 N–H and O–H groups in total. The smallest absolute Gasteiger partial charge is 0.264 e. The molecule has 0 atom stereocenters. The lowest BCUT2D eigenvalue weighted by molar-refractivity contribution is 0.600. The topological polar surface area (TPSA) is 115 Å². The number of nitrogens with one attached hydrogen (secondary N) is 2. The fraction of sp³-hybridized carbons (Fsp3) is 0.200. The zero-order valence-electron chi connectivity index (χ0n) is 10.5. The van der Waals surface area contributed by atoms with Gasteiger partial charge in [0.2, 0.25) is 0 Å². The van der Waals surface area contributed by atoms with E-state index in [0.717, 1.165) is 6.20 Å². The number of anilines is 2. The molecule has 0 amide bonds. The Bertz CT molecular complexity index is 714. The number of nitrogens with two attached hydrogens (primary N) is 1. The number of rotatable bonds is 5. The number of aryl methyl sites for hydroxylation is 1. The summed E-state index contributed by atoms with van der Waals surface area (Å²) < 4.78 is 28.2. The molecule has 0 fully saturated rings. The van der Waals surface area contributed by atoms with Crippen molar-refractivity contribution in [3.05, 3.63) is 29.5 Å². The molecule has 0 aliphatic heterocycles. The summed E-state index contributed by atoms with van der Waals surface area (Å²) in [5.74, 6) is 5.60. The molecule has 0 radical (unpaired) electrons. The summed E-state index contributed by atoms with van der Waals surface area (Å²) >= 11 is 5.85. The van der Waals surface area contributed by atoms with E-state index in [4.69, 9.17) is 17.4 Å². The fourth-order valence-electron chi connectivity index (χ4n) is 1.46. The number of nitrogens with zero attached hydrogens (tertiary/aromatic N) is 3. The summed E-state index contributed by atoms with van der Waals surface area (Å²) in [4.78, 5) is 3.74. The van der Waals surface area contributed by atoms with Gasteiger partial charge in [-0.25, -0.2) is 19.2 Å². The molecule has 0 unspecified atom stereocenters. The molecule has 20 heavy (non-hydrogen) atoms. The van der Waals surface area contributed by atoms with Crippen molar-refractivity contribution in [2.24, 2.45) is 5.84 Å². The van der Waals surface area contributed by atoms with Crippen LogP contribution in [0.15, 0.2) is 29.4 Å². The maximum Gasteiger partial charge on any atom is 0.264 e. The molecule has 0 aliphatic carbocycles. The molecular weight excluding hydrogens is 304 g/mol. The lowest BCUT2D eigenvalue weighted by Gasteiger charge is -2.07. The Morgan fingerprint density at radius 2 is 2.25 bits per heavy atom. The second kappa shape index (κ2) is 5.65. The first-order valence-electron chi connectivity index (χ1n) is 5.64. The summed E-state index contributed by atoms with van der Waals surface area (Å²) in [7, 11) is -3.80. The average Bonchev–Trinajstić information content (AvgIpc) is 2.85. The monoisotopic (exact) mass is 316 g/mol. The molecule has 8 nitrogen and oxygen atoms in total. The molecule has 2 aromatic rings. The van der Waals surface area contributed by atoms with Gasteiger partial charge >= 0.3 is 0 Å². The highest BCUT2D eigenvalue weighted by Crippen LogP contribution is 2.22. The van der Waals surface area contributed by atoms with Gasteiger partial charge in [0, 0.05) is 25.0 Å². The summed E-state index contributed by atoms with van der Waals surface area (Å²) in [6, 6.07) is 2.81. The van der Waals surface area contributed by atoms with E-state index in [9.17, 15) is 8.42 Å². The number of sulfonamides is 1. The number of nitrogen functional groups attached to an aromatic ring is 1. The standard InChI is InChI=1S/C10H13ClN6O2S/c1-2-17-4-3-9(15-17)16-20(18,19)7-5-8(11)10(14-12)13-6-7/h3-6H,2,12H2,1H3,(H,13,14)(H,15,16). The highest BCUT2D eigenvalue weighted by atomic mass is 35.5. The molecule has 0 aromatic carbocycles. The Kier molecular flexibility index (Phi) is 4.12. The van der Waals surface area contributed by atoms with E-state index in [-0.39, 0.29) is 21.6 Å². The van der Waals surface area contributed by atoms with Crippen LogP contribution >= 0.6 is 11.6 Å². The van der Waals surface area contributed by atoms with Crippen molar-refractivity contribution in [1.29, 1.82) is 0 Å². The van der Waals surface area contributed by atoms with Crippen LogP contribution < -0.4 is 16.0 Å². The molecule has 2 heterocycles. The second-order valence-corrected chi connectivity index (χ2v) is 5.90. The van der Waals surface area contributed by atoms with Gasteiger partial charge in [0.15, 0.2) is 11.6 Å². The van der Waals surface area contributed by atoms with Crippen LogP contribution in [0.4, 0.5) is 11.6 Å². The van der Waals surface area contributed by atoms with E-state index in [1.54, 1.807) is 16.9 Å². The van der Waals surface area contributed by atoms with Gasteiger partial charge in [-0.05, 0) is 13.0 Å². The van der Waals surface area contributed by atoms with Crippen LogP contribution in [0.3, 0.4) is 0 Å². The minimum atomic E-state index is -3.80. The van der Waals surface area contributed by atoms with E-state index in [1.165, 1.54) is 6.07 Å². The van der Waals surface area contributed by atoms with Crippen LogP contribution in [0.5, 0.6) is 0 Å². The molecule has 0 bridgehead atoms. The largest absolute Gasteiger partial charge is 0.307 e. The van der Waals surface area contributed by atoms with Gasteiger partial charge in [0.05, 0.1) is 5.02 Å². The second-order valence-electron chi connectivity index (χ2n) is 3.81. The summed E-state index contributed by atoms with van der Waals surface area (Å²) in [6.07, 6.45) is 2.82. The van der Waals surface area contributed by atoms with E-state index in [0.29, 0.717) is 6.54 Å². The minimum absolute atomic E-state index is 0.0763. The molecule has 0 saturated heterocycles. The third kappa shape index (κ3) is 3.00. The first kappa shape index (κ1) is 14.6. The van der Waals surface area contributed by atoms with Crippen molar-refractivity contribution < 1.29 is 8.42 Å². The zero-order valence-corrected chi connectivity index (χ0v) is 12.1. The van der Waals surface area contributed by atoms with Gasteiger partial charge in [-0.1, -0.05) is 11.6 Å². The first-order chi connectivity index (χ1) is 9.46. The third-order valence-corrected chi connectivity index (χ3v) is 4.08. The lowest BCUT2D eigenvalue weighted by Crippen LogP contribution is -2.15. The van der Waals surface area contributed by atoms with Gasteiger partial charge < -0.3 is 5.43 Å². The van der Waals surface area contributed by atoms with Crippen LogP contribution in [0.25, 0.3) is 0 Å². The summed E-state index contributed by atoms with van der Waals surface area (Å²) in [5, 5.41) is 4.14. The normalized spacial score (nSPS) is 11.3. The van der Waals surface area contributed by atoms with Crippen LogP contribution in [0.2, 0.25) is 5.02 Å². The zero-order chi connectivity index (χ0) is 14.8. The van der Waals surface area contributed by atoms with Crippen molar-refractivity contribution >= 4 is 33.3 Å². The molecule has 108 valence electrons. The van der Waals surface area contributed by atoms with Gasteiger partial charge in [0.1, 0.15) is 4.90 Å². The molecular formula is C10H13ClN6O2S.